The van der Waals surface area contributed by atoms with Gasteiger partial charge in [0, 0.05) is 35.5 Å². The molecule has 0 radical (unpaired) electrons. The Morgan fingerprint density at radius 3 is 1.51 bits per heavy atom. The maximum absolute atomic E-state index is 2.37. The summed E-state index contributed by atoms with van der Waals surface area (Å²) in [5.74, 6) is 0. The van der Waals surface area contributed by atoms with Crippen LogP contribution < -0.4 is 9.80 Å². The van der Waals surface area contributed by atoms with Gasteiger partial charge in [0.05, 0.1) is 0 Å². The van der Waals surface area contributed by atoms with Crippen LogP contribution in [-0.4, -0.2) is 7.05 Å². The summed E-state index contributed by atoms with van der Waals surface area (Å²) < 4.78 is 0. The molecule has 0 N–H and O–H groups in total. The zero-order chi connectivity index (χ0) is 30.4. The first kappa shape index (κ1) is 28.2. The third-order valence-corrected chi connectivity index (χ3v) is 8.50. The lowest BCUT2D eigenvalue weighted by Crippen LogP contribution is -2.10. The van der Waals surface area contributed by atoms with Crippen LogP contribution in [0.4, 0.5) is 28.4 Å². The fourth-order valence-electron chi connectivity index (χ4n) is 6.04. The van der Waals surface area contributed by atoms with Crippen molar-refractivity contribution in [3.8, 4) is 22.3 Å². The minimum atomic E-state index is 1.09. The molecule has 2 heteroatoms. The Hall–Kier alpha value is -5.60. The van der Waals surface area contributed by atoms with Crippen LogP contribution in [-0.2, 0) is 0 Å². The minimum absolute atomic E-state index is 1.09. The highest BCUT2D eigenvalue weighted by Gasteiger charge is 2.15. The number of hydrogen-bond acceptors (Lipinski definition) is 2. The molecule has 0 atom stereocenters. The van der Waals surface area contributed by atoms with Gasteiger partial charge in [0.25, 0.3) is 0 Å². The molecule has 0 unspecified atom stereocenters. The van der Waals surface area contributed by atoms with E-state index in [0.29, 0.717) is 0 Å². The summed E-state index contributed by atoms with van der Waals surface area (Å²) in [6.45, 7) is 0. The summed E-state index contributed by atoms with van der Waals surface area (Å²) in [5.41, 5.74) is 13.0. The SMILES string of the molecule is CN(c1ccccc1)c1ccc(-c2ccc(N(c3cccc(C4=CCCC=C4)c3)c3cccc(-c4ccccc4)c3)cc2)cc1. The molecule has 45 heavy (non-hydrogen) atoms. The smallest absolute Gasteiger partial charge is 0.0467 e. The number of para-hydroxylation sites is 1. The van der Waals surface area contributed by atoms with E-state index in [1.807, 2.05) is 6.07 Å². The molecule has 0 spiro atoms. The average molecular weight is 581 g/mol. The van der Waals surface area contributed by atoms with Crippen molar-refractivity contribution in [2.24, 2.45) is 0 Å². The highest BCUT2D eigenvalue weighted by Crippen LogP contribution is 2.39. The molecule has 0 bridgehead atoms. The van der Waals surface area contributed by atoms with Crippen LogP contribution >= 0.6 is 0 Å². The lowest BCUT2D eigenvalue weighted by molar-refractivity contribution is 1.04. The Morgan fingerprint density at radius 2 is 0.889 bits per heavy atom. The van der Waals surface area contributed by atoms with Gasteiger partial charge in [0.15, 0.2) is 0 Å². The van der Waals surface area contributed by atoms with Crippen molar-refractivity contribution in [1.29, 1.82) is 0 Å². The Balaban J connectivity index is 1.24. The molecule has 1 aliphatic carbocycles. The second kappa shape index (κ2) is 13.0. The van der Waals surface area contributed by atoms with Gasteiger partial charge in [0.1, 0.15) is 0 Å². The van der Waals surface area contributed by atoms with E-state index in [1.165, 1.54) is 39.1 Å². The third-order valence-electron chi connectivity index (χ3n) is 8.50. The number of rotatable bonds is 8. The zero-order valence-electron chi connectivity index (χ0n) is 25.6. The van der Waals surface area contributed by atoms with E-state index in [1.54, 1.807) is 0 Å². The highest BCUT2D eigenvalue weighted by molar-refractivity contribution is 5.84. The molecule has 1 aliphatic rings. The van der Waals surface area contributed by atoms with Crippen LogP contribution in [0.1, 0.15) is 18.4 Å². The van der Waals surface area contributed by atoms with Crippen molar-refractivity contribution in [3.63, 3.8) is 0 Å². The van der Waals surface area contributed by atoms with Crippen molar-refractivity contribution in [2.45, 2.75) is 12.8 Å². The molecule has 6 aromatic carbocycles. The average Bonchev–Trinajstić information content (AvgIpc) is 3.13. The van der Waals surface area contributed by atoms with Gasteiger partial charge >= 0.3 is 0 Å². The molecular formula is C43H36N2. The van der Waals surface area contributed by atoms with Crippen molar-refractivity contribution in [2.75, 3.05) is 16.8 Å². The zero-order valence-corrected chi connectivity index (χ0v) is 25.6. The van der Waals surface area contributed by atoms with Crippen molar-refractivity contribution in [3.05, 3.63) is 182 Å². The lowest BCUT2D eigenvalue weighted by atomic mass is 9.98. The van der Waals surface area contributed by atoms with E-state index in [-0.39, 0.29) is 0 Å². The van der Waals surface area contributed by atoms with Gasteiger partial charge in [-0.3, -0.25) is 0 Å². The first-order valence-electron chi connectivity index (χ1n) is 15.6. The summed E-state index contributed by atoms with van der Waals surface area (Å²) in [6, 6.07) is 56.5. The Kier molecular flexibility index (Phi) is 8.11. The second-order valence-electron chi connectivity index (χ2n) is 11.4. The summed E-state index contributed by atoms with van der Waals surface area (Å²) >= 11 is 0. The van der Waals surface area contributed by atoms with E-state index >= 15 is 0 Å². The summed E-state index contributed by atoms with van der Waals surface area (Å²) in [5, 5.41) is 0. The molecule has 7 rings (SSSR count). The molecule has 2 nitrogen and oxygen atoms in total. The largest absolute Gasteiger partial charge is 0.345 e. The monoisotopic (exact) mass is 580 g/mol. The minimum Gasteiger partial charge on any atom is -0.345 e. The predicted octanol–water partition coefficient (Wildman–Crippen LogP) is 12.0. The van der Waals surface area contributed by atoms with Crippen LogP contribution in [0.2, 0.25) is 0 Å². The molecule has 0 saturated carbocycles. The molecule has 0 amide bonds. The molecule has 0 aliphatic heterocycles. The summed E-state index contributed by atoms with van der Waals surface area (Å²) in [7, 11) is 2.11. The molecule has 0 fully saturated rings. The maximum Gasteiger partial charge on any atom is 0.0467 e. The van der Waals surface area contributed by atoms with Gasteiger partial charge in [0.2, 0.25) is 0 Å². The molecule has 0 saturated heterocycles. The van der Waals surface area contributed by atoms with E-state index in [9.17, 15) is 0 Å². The fraction of sp³-hybridized carbons (Fsp3) is 0.0698. The van der Waals surface area contributed by atoms with Crippen LogP contribution in [0.5, 0.6) is 0 Å². The molecular weight excluding hydrogens is 544 g/mol. The number of hydrogen-bond donors (Lipinski definition) is 0. The van der Waals surface area contributed by atoms with Crippen molar-refractivity contribution in [1.82, 2.24) is 0 Å². The Labute approximate surface area is 266 Å². The topological polar surface area (TPSA) is 6.48 Å². The first-order chi connectivity index (χ1) is 22.2. The molecule has 218 valence electrons. The Morgan fingerprint density at radius 1 is 0.400 bits per heavy atom. The number of allylic oxidation sites excluding steroid dienone is 4. The van der Waals surface area contributed by atoms with Gasteiger partial charge in [-0.15, -0.1) is 0 Å². The van der Waals surface area contributed by atoms with Crippen LogP contribution in [0.15, 0.2) is 176 Å². The molecule has 0 aromatic heterocycles. The van der Waals surface area contributed by atoms with E-state index in [4.69, 9.17) is 0 Å². The standard InChI is InChI=1S/C43H36N2/c1-44(39-19-9-4-10-20-39)40-27-23-35(24-28-40)36-25-29-41(30-26-36)45(42-21-11-17-37(31-42)33-13-5-2-6-14-33)43-22-12-18-38(32-43)34-15-7-3-8-16-34/h2,4-7,9-32H,3,8H2,1H3. The molecule has 0 heterocycles. The van der Waals surface area contributed by atoms with E-state index in [0.717, 1.165) is 35.6 Å². The maximum atomic E-state index is 2.37. The van der Waals surface area contributed by atoms with E-state index < -0.39 is 0 Å². The Bertz CT molecular complexity index is 1940. The van der Waals surface area contributed by atoms with Crippen molar-refractivity contribution < 1.29 is 0 Å². The van der Waals surface area contributed by atoms with E-state index in [2.05, 4.69) is 187 Å². The van der Waals surface area contributed by atoms with Crippen molar-refractivity contribution >= 4 is 34.0 Å². The van der Waals surface area contributed by atoms with Gasteiger partial charge in [-0.05, 0) is 107 Å². The van der Waals surface area contributed by atoms with Gasteiger partial charge in [-0.1, -0.05) is 115 Å². The predicted molar refractivity (Wildman–Crippen MR) is 193 cm³/mol. The first-order valence-corrected chi connectivity index (χ1v) is 15.6. The van der Waals surface area contributed by atoms with Crippen LogP contribution in [0.25, 0.3) is 27.8 Å². The number of nitrogens with zero attached hydrogens (tertiary/aromatic N) is 2. The van der Waals surface area contributed by atoms with Gasteiger partial charge in [-0.2, -0.15) is 0 Å². The summed E-state index contributed by atoms with van der Waals surface area (Å²) in [6.07, 6.45) is 9.07. The fourth-order valence-corrected chi connectivity index (χ4v) is 6.04. The quantitative estimate of drug-likeness (QED) is 0.177. The third kappa shape index (κ3) is 6.23. The lowest BCUT2D eigenvalue weighted by Gasteiger charge is -2.27. The second-order valence-corrected chi connectivity index (χ2v) is 11.4. The van der Waals surface area contributed by atoms with Crippen LogP contribution in [0, 0.1) is 0 Å². The van der Waals surface area contributed by atoms with Gasteiger partial charge in [-0.25, -0.2) is 0 Å². The van der Waals surface area contributed by atoms with Gasteiger partial charge < -0.3 is 9.80 Å². The number of anilines is 5. The number of benzene rings is 6. The highest BCUT2D eigenvalue weighted by atomic mass is 15.1. The normalized spacial score (nSPS) is 12.4. The van der Waals surface area contributed by atoms with Crippen LogP contribution in [0.3, 0.4) is 0 Å². The summed E-state index contributed by atoms with van der Waals surface area (Å²) in [4.78, 5) is 4.58. The molecule has 6 aromatic rings.